The molecule has 1 amide bonds. The van der Waals surface area contributed by atoms with E-state index in [1.165, 1.54) is 0 Å². The third-order valence-corrected chi connectivity index (χ3v) is 4.75. The zero-order chi connectivity index (χ0) is 17.8. The Morgan fingerprint density at radius 2 is 1.92 bits per heavy atom. The van der Waals surface area contributed by atoms with E-state index < -0.39 is 0 Å². The number of fused-ring (bicyclic) bond motifs is 1. The summed E-state index contributed by atoms with van der Waals surface area (Å²) in [5.74, 6) is 1.50. The van der Waals surface area contributed by atoms with Gasteiger partial charge in [-0.25, -0.2) is 4.98 Å². The van der Waals surface area contributed by atoms with Crippen molar-refractivity contribution in [3.8, 4) is 5.75 Å². The van der Waals surface area contributed by atoms with Crippen LogP contribution in [0.25, 0.3) is 11.0 Å². The fraction of sp³-hybridized carbons (Fsp3) is 0.263. The molecule has 0 saturated carbocycles. The number of imidazole rings is 1. The van der Waals surface area contributed by atoms with Gasteiger partial charge in [-0.3, -0.25) is 4.79 Å². The van der Waals surface area contributed by atoms with Crippen molar-refractivity contribution in [2.24, 2.45) is 0 Å². The molecule has 130 valence electrons. The van der Waals surface area contributed by atoms with Gasteiger partial charge in [-0.15, -0.1) is 0 Å². The maximum Gasteiger partial charge on any atom is 0.260 e. The first-order valence-corrected chi connectivity index (χ1v) is 9.23. The highest BCUT2D eigenvalue weighted by atomic mass is 127. The van der Waals surface area contributed by atoms with Gasteiger partial charge in [0.05, 0.1) is 17.6 Å². The topological polar surface area (TPSA) is 47.4 Å². The van der Waals surface area contributed by atoms with Gasteiger partial charge in [0.2, 0.25) is 0 Å². The number of aromatic nitrogens is 2. The minimum atomic E-state index is -0.0757. The number of likely N-dealkylation sites (N-methyl/N-ethyl adjacent to an activating group) is 1. The molecule has 0 atom stereocenters. The SMILES string of the molecule is CCn1c(CN(C)C(=O)COc2ccc(I)cc2)nc2ccccc21. The molecule has 0 fully saturated rings. The second-order valence-corrected chi connectivity index (χ2v) is 7.00. The molecule has 0 aliphatic rings. The van der Waals surface area contributed by atoms with E-state index in [1.807, 2.05) is 42.5 Å². The van der Waals surface area contributed by atoms with E-state index >= 15 is 0 Å². The number of aryl methyl sites for hydroxylation is 1. The fourth-order valence-electron chi connectivity index (χ4n) is 2.69. The molecule has 0 N–H and O–H groups in total. The van der Waals surface area contributed by atoms with E-state index in [4.69, 9.17) is 4.74 Å². The molecule has 2 aromatic carbocycles. The second-order valence-electron chi connectivity index (χ2n) is 5.75. The smallest absolute Gasteiger partial charge is 0.260 e. The third kappa shape index (κ3) is 4.12. The molecule has 0 saturated heterocycles. The lowest BCUT2D eigenvalue weighted by atomic mass is 10.3. The van der Waals surface area contributed by atoms with Gasteiger partial charge in [0.1, 0.15) is 11.6 Å². The highest BCUT2D eigenvalue weighted by Gasteiger charge is 2.15. The first-order valence-electron chi connectivity index (χ1n) is 8.15. The number of ether oxygens (including phenoxy) is 1. The molecular formula is C19H20IN3O2. The van der Waals surface area contributed by atoms with Crippen molar-refractivity contribution in [3.05, 3.63) is 57.9 Å². The standard InChI is InChI=1S/C19H20IN3O2/c1-3-23-17-7-5-4-6-16(17)21-18(23)12-22(2)19(24)13-25-15-10-8-14(20)9-11-15/h4-11H,3,12-13H2,1-2H3. The molecule has 0 aliphatic heterocycles. The molecule has 3 aromatic rings. The maximum atomic E-state index is 12.4. The van der Waals surface area contributed by atoms with Gasteiger partial charge < -0.3 is 14.2 Å². The summed E-state index contributed by atoms with van der Waals surface area (Å²) in [6, 6.07) is 15.7. The molecular weight excluding hydrogens is 429 g/mol. The van der Waals surface area contributed by atoms with Crippen molar-refractivity contribution in [1.82, 2.24) is 14.5 Å². The van der Waals surface area contributed by atoms with E-state index in [1.54, 1.807) is 11.9 Å². The van der Waals surface area contributed by atoms with Crippen LogP contribution in [0.4, 0.5) is 0 Å². The van der Waals surface area contributed by atoms with Crippen LogP contribution in [0, 0.1) is 3.57 Å². The predicted molar refractivity (Wildman–Crippen MR) is 107 cm³/mol. The van der Waals surface area contributed by atoms with E-state index in [9.17, 15) is 4.79 Å². The van der Waals surface area contributed by atoms with Gasteiger partial charge >= 0.3 is 0 Å². The van der Waals surface area contributed by atoms with Gasteiger partial charge in [0, 0.05) is 17.2 Å². The van der Waals surface area contributed by atoms with Crippen LogP contribution in [0.2, 0.25) is 0 Å². The zero-order valence-electron chi connectivity index (χ0n) is 14.3. The van der Waals surface area contributed by atoms with Gasteiger partial charge in [-0.2, -0.15) is 0 Å². The van der Waals surface area contributed by atoms with Crippen LogP contribution < -0.4 is 4.74 Å². The molecule has 3 rings (SSSR count). The van der Waals surface area contributed by atoms with E-state index in [-0.39, 0.29) is 12.5 Å². The fourth-order valence-corrected chi connectivity index (χ4v) is 3.04. The summed E-state index contributed by atoms with van der Waals surface area (Å²) in [4.78, 5) is 18.7. The van der Waals surface area contributed by atoms with Crippen LogP contribution in [0.15, 0.2) is 48.5 Å². The number of para-hydroxylation sites is 2. The van der Waals surface area contributed by atoms with Crippen LogP contribution in [-0.4, -0.2) is 34.0 Å². The van der Waals surface area contributed by atoms with Crippen LogP contribution in [0.1, 0.15) is 12.7 Å². The van der Waals surface area contributed by atoms with Gasteiger partial charge in [0.25, 0.3) is 5.91 Å². The van der Waals surface area contributed by atoms with Gasteiger partial charge in [0.15, 0.2) is 6.61 Å². The van der Waals surface area contributed by atoms with E-state index in [2.05, 4.69) is 45.1 Å². The largest absolute Gasteiger partial charge is 0.484 e. The molecule has 0 bridgehead atoms. The summed E-state index contributed by atoms with van der Waals surface area (Å²) in [6.07, 6.45) is 0. The Balaban J connectivity index is 1.66. The maximum absolute atomic E-state index is 12.4. The summed E-state index contributed by atoms with van der Waals surface area (Å²) in [7, 11) is 1.78. The average molecular weight is 449 g/mol. The minimum Gasteiger partial charge on any atom is -0.484 e. The predicted octanol–water partition coefficient (Wildman–Crippen LogP) is 3.70. The number of hydrogen-bond acceptors (Lipinski definition) is 3. The van der Waals surface area contributed by atoms with Gasteiger partial charge in [-0.1, -0.05) is 12.1 Å². The van der Waals surface area contributed by atoms with Gasteiger partial charge in [-0.05, 0) is 65.9 Å². The highest BCUT2D eigenvalue weighted by Crippen LogP contribution is 2.17. The highest BCUT2D eigenvalue weighted by molar-refractivity contribution is 14.1. The molecule has 25 heavy (non-hydrogen) atoms. The summed E-state index contributed by atoms with van der Waals surface area (Å²) >= 11 is 2.23. The molecule has 0 radical (unpaired) electrons. The summed E-state index contributed by atoms with van der Waals surface area (Å²) in [6.45, 7) is 3.37. The Morgan fingerprint density at radius 1 is 1.20 bits per heavy atom. The first-order chi connectivity index (χ1) is 12.1. The molecule has 0 unspecified atom stereocenters. The Morgan fingerprint density at radius 3 is 2.64 bits per heavy atom. The lowest BCUT2D eigenvalue weighted by molar-refractivity contribution is -0.132. The van der Waals surface area contributed by atoms with Crippen LogP contribution in [0.5, 0.6) is 5.75 Å². The molecule has 0 spiro atoms. The summed E-state index contributed by atoms with van der Waals surface area (Å²) in [5, 5.41) is 0. The Kier molecular flexibility index (Phi) is 5.57. The number of carbonyl (C=O) groups excluding carboxylic acids is 1. The summed E-state index contributed by atoms with van der Waals surface area (Å²) in [5.41, 5.74) is 2.05. The quantitative estimate of drug-likeness (QED) is 0.540. The lowest BCUT2D eigenvalue weighted by Crippen LogP contribution is -2.32. The number of nitrogens with zero attached hydrogens (tertiary/aromatic N) is 3. The second kappa shape index (κ2) is 7.86. The Hall–Kier alpha value is -2.09. The molecule has 1 aromatic heterocycles. The molecule has 0 aliphatic carbocycles. The lowest BCUT2D eigenvalue weighted by Gasteiger charge is -2.18. The Bertz CT molecular complexity index is 874. The van der Waals surface area contributed by atoms with Crippen molar-refractivity contribution < 1.29 is 9.53 Å². The van der Waals surface area contributed by atoms with Crippen LogP contribution in [-0.2, 0) is 17.9 Å². The number of halogens is 1. The molecule has 6 heteroatoms. The number of amides is 1. The third-order valence-electron chi connectivity index (χ3n) is 4.03. The van der Waals surface area contributed by atoms with Crippen molar-refractivity contribution in [1.29, 1.82) is 0 Å². The van der Waals surface area contributed by atoms with Crippen molar-refractivity contribution in [3.63, 3.8) is 0 Å². The number of benzene rings is 2. The summed E-state index contributed by atoms with van der Waals surface area (Å²) < 4.78 is 8.84. The van der Waals surface area contributed by atoms with Crippen molar-refractivity contribution in [2.45, 2.75) is 20.0 Å². The van der Waals surface area contributed by atoms with E-state index in [0.29, 0.717) is 12.3 Å². The van der Waals surface area contributed by atoms with Crippen molar-refractivity contribution >= 4 is 39.5 Å². The Labute approximate surface area is 160 Å². The number of hydrogen-bond donors (Lipinski definition) is 0. The normalized spacial score (nSPS) is 10.8. The minimum absolute atomic E-state index is 0.0173. The van der Waals surface area contributed by atoms with Crippen LogP contribution >= 0.6 is 22.6 Å². The van der Waals surface area contributed by atoms with Crippen molar-refractivity contribution in [2.75, 3.05) is 13.7 Å². The first kappa shape index (κ1) is 17.7. The number of rotatable bonds is 6. The van der Waals surface area contributed by atoms with Crippen LogP contribution in [0.3, 0.4) is 0 Å². The number of carbonyl (C=O) groups is 1. The molecule has 5 nitrogen and oxygen atoms in total. The molecule has 1 heterocycles. The monoisotopic (exact) mass is 449 g/mol. The van der Waals surface area contributed by atoms with E-state index in [0.717, 1.165) is 27.0 Å². The zero-order valence-corrected chi connectivity index (χ0v) is 16.4. The average Bonchev–Trinajstić information content (AvgIpc) is 2.97.